The van der Waals surface area contributed by atoms with E-state index in [1.807, 2.05) is 13.8 Å². The van der Waals surface area contributed by atoms with E-state index in [-0.39, 0.29) is 35.3 Å². The largest absolute Gasteiger partial charge is 0.383 e. The highest BCUT2D eigenvalue weighted by Crippen LogP contribution is 2.29. The number of benzene rings is 1. The quantitative estimate of drug-likeness (QED) is 0.549. The molecule has 28 heavy (non-hydrogen) atoms. The van der Waals surface area contributed by atoms with Gasteiger partial charge in [0, 0.05) is 19.6 Å². The number of rotatable bonds is 10. The molecule has 1 aromatic rings. The van der Waals surface area contributed by atoms with Crippen molar-refractivity contribution in [3.05, 3.63) is 18.2 Å². The summed E-state index contributed by atoms with van der Waals surface area (Å²) in [5.74, 6) is -0.0868. The Kier molecular flexibility index (Phi) is 8.11. The Morgan fingerprint density at radius 3 is 2.39 bits per heavy atom. The van der Waals surface area contributed by atoms with Gasteiger partial charge in [-0.15, -0.1) is 0 Å². The summed E-state index contributed by atoms with van der Waals surface area (Å²) in [6.07, 6.45) is 1.91. The molecule has 2 rings (SSSR count). The van der Waals surface area contributed by atoms with E-state index in [2.05, 4.69) is 17.0 Å². The molecule has 0 radical (unpaired) electrons. The second kappa shape index (κ2) is 9.91. The number of anilines is 2. The van der Waals surface area contributed by atoms with E-state index >= 15 is 0 Å². The number of ether oxygens (including phenoxy) is 1. The van der Waals surface area contributed by atoms with E-state index in [1.54, 1.807) is 6.07 Å². The van der Waals surface area contributed by atoms with Crippen LogP contribution in [0.4, 0.5) is 11.4 Å². The van der Waals surface area contributed by atoms with Gasteiger partial charge in [0.1, 0.15) is 0 Å². The number of sulfonamides is 2. The average Bonchev–Trinajstić information content (AvgIpc) is 2.62. The van der Waals surface area contributed by atoms with Gasteiger partial charge < -0.3 is 10.1 Å². The van der Waals surface area contributed by atoms with Gasteiger partial charge in [-0.2, -0.15) is 4.31 Å². The fourth-order valence-electron chi connectivity index (χ4n) is 2.91. The summed E-state index contributed by atoms with van der Waals surface area (Å²) in [4.78, 5) is 0.0673. The Morgan fingerprint density at radius 2 is 1.79 bits per heavy atom. The number of morpholine rings is 1. The molecular formula is C18H31N3O5S2. The van der Waals surface area contributed by atoms with Crippen LogP contribution in [0.3, 0.4) is 0 Å². The molecule has 2 N–H and O–H groups in total. The van der Waals surface area contributed by atoms with Crippen molar-refractivity contribution < 1.29 is 21.6 Å². The molecule has 1 aliphatic heterocycles. The first-order valence-electron chi connectivity index (χ1n) is 9.62. The van der Waals surface area contributed by atoms with Crippen molar-refractivity contribution in [1.82, 2.24) is 4.31 Å². The zero-order valence-corrected chi connectivity index (χ0v) is 18.4. The van der Waals surface area contributed by atoms with Crippen molar-refractivity contribution >= 4 is 31.4 Å². The lowest BCUT2D eigenvalue weighted by molar-refractivity contribution is 0.0730. The molecule has 1 aromatic carbocycles. The van der Waals surface area contributed by atoms with Gasteiger partial charge in [-0.25, -0.2) is 16.8 Å². The lowest BCUT2D eigenvalue weighted by Crippen LogP contribution is -2.40. The van der Waals surface area contributed by atoms with Crippen LogP contribution < -0.4 is 10.0 Å². The number of unbranched alkanes of at least 4 members (excludes halogenated alkanes) is 1. The van der Waals surface area contributed by atoms with Crippen LogP contribution in [0.15, 0.2) is 23.1 Å². The van der Waals surface area contributed by atoms with Crippen molar-refractivity contribution in [2.24, 2.45) is 5.92 Å². The Hall–Kier alpha value is -1.36. The van der Waals surface area contributed by atoms with E-state index in [0.29, 0.717) is 25.4 Å². The fourth-order valence-corrected chi connectivity index (χ4v) is 5.81. The van der Waals surface area contributed by atoms with Gasteiger partial charge in [-0.05, 0) is 30.5 Å². The van der Waals surface area contributed by atoms with Crippen molar-refractivity contribution in [2.45, 2.75) is 38.5 Å². The first-order valence-corrected chi connectivity index (χ1v) is 12.7. The smallest absolute Gasteiger partial charge is 0.243 e. The molecule has 0 unspecified atom stereocenters. The third-order valence-corrected chi connectivity index (χ3v) is 7.79. The van der Waals surface area contributed by atoms with Gasteiger partial charge in [0.15, 0.2) is 0 Å². The van der Waals surface area contributed by atoms with Gasteiger partial charge in [0.2, 0.25) is 20.0 Å². The summed E-state index contributed by atoms with van der Waals surface area (Å²) in [7, 11) is -7.31. The highest BCUT2D eigenvalue weighted by molar-refractivity contribution is 7.92. The minimum absolute atomic E-state index is 0.0398. The summed E-state index contributed by atoms with van der Waals surface area (Å²) >= 11 is 0. The molecule has 1 heterocycles. The molecule has 8 nitrogen and oxygen atoms in total. The molecule has 0 spiro atoms. The first-order chi connectivity index (χ1) is 13.2. The van der Waals surface area contributed by atoms with Crippen LogP contribution in [0.2, 0.25) is 0 Å². The predicted octanol–water partition coefficient (Wildman–Crippen LogP) is 2.32. The van der Waals surface area contributed by atoms with E-state index in [4.69, 9.17) is 4.74 Å². The highest BCUT2D eigenvalue weighted by Gasteiger charge is 2.27. The standard InChI is InChI=1S/C18H31N3O5S2/c1-4-5-8-19-17-7-6-16(28(24,25)21-9-11-26-12-10-21)13-18(17)20-27(22,23)14-15(2)3/h6-7,13,15,19-20H,4-5,8-12,14H2,1-3H3. The maximum atomic E-state index is 12.9. The van der Waals surface area contributed by atoms with Gasteiger partial charge in [-0.1, -0.05) is 27.2 Å². The Bertz CT molecular complexity index is 848. The summed E-state index contributed by atoms with van der Waals surface area (Å²) in [5, 5.41) is 3.19. The summed E-state index contributed by atoms with van der Waals surface area (Å²) in [6, 6.07) is 4.53. The molecule has 0 aliphatic carbocycles. The number of nitrogens with one attached hydrogen (secondary N) is 2. The normalized spacial score (nSPS) is 16.3. The van der Waals surface area contributed by atoms with Gasteiger partial charge >= 0.3 is 0 Å². The second-order valence-electron chi connectivity index (χ2n) is 7.28. The van der Waals surface area contributed by atoms with Crippen LogP contribution in [0.1, 0.15) is 33.6 Å². The van der Waals surface area contributed by atoms with Gasteiger partial charge in [0.25, 0.3) is 0 Å². The average molecular weight is 434 g/mol. The Balaban J connectivity index is 2.36. The van der Waals surface area contributed by atoms with Crippen LogP contribution in [-0.2, 0) is 24.8 Å². The van der Waals surface area contributed by atoms with Crippen molar-refractivity contribution in [3.8, 4) is 0 Å². The Morgan fingerprint density at radius 1 is 1.11 bits per heavy atom. The van der Waals surface area contributed by atoms with E-state index in [9.17, 15) is 16.8 Å². The lowest BCUT2D eigenvalue weighted by Gasteiger charge is -2.26. The van der Waals surface area contributed by atoms with Crippen LogP contribution >= 0.6 is 0 Å². The number of nitrogens with zero attached hydrogens (tertiary/aromatic N) is 1. The van der Waals surface area contributed by atoms with Crippen molar-refractivity contribution in [1.29, 1.82) is 0 Å². The van der Waals surface area contributed by atoms with E-state index in [0.717, 1.165) is 12.8 Å². The minimum atomic E-state index is -3.71. The maximum Gasteiger partial charge on any atom is 0.243 e. The molecule has 1 saturated heterocycles. The van der Waals surface area contributed by atoms with Crippen molar-refractivity contribution in [2.75, 3.05) is 48.6 Å². The summed E-state index contributed by atoms with van der Waals surface area (Å²) < 4.78 is 59.9. The highest BCUT2D eigenvalue weighted by atomic mass is 32.2. The van der Waals surface area contributed by atoms with E-state index in [1.165, 1.54) is 16.4 Å². The van der Waals surface area contributed by atoms with Gasteiger partial charge in [-0.3, -0.25) is 4.72 Å². The molecule has 1 aliphatic rings. The van der Waals surface area contributed by atoms with Crippen LogP contribution in [0.25, 0.3) is 0 Å². The first kappa shape index (κ1) is 22.9. The molecular weight excluding hydrogens is 402 g/mol. The summed E-state index contributed by atoms with van der Waals surface area (Å²) in [5.41, 5.74) is 0.827. The molecule has 160 valence electrons. The topological polar surface area (TPSA) is 105 Å². The SMILES string of the molecule is CCCCNc1ccc(S(=O)(=O)N2CCOCC2)cc1NS(=O)(=O)CC(C)C. The van der Waals surface area contributed by atoms with Crippen LogP contribution in [0, 0.1) is 5.92 Å². The van der Waals surface area contributed by atoms with Gasteiger partial charge in [0.05, 0.1) is 35.2 Å². The molecule has 0 bridgehead atoms. The molecule has 0 aromatic heterocycles. The monoisotopic (exact) mass is 433 g/mol. The lowest BCUT2D eigenvalue weighted by atomic mass is 10.2. The predicted molar refractivity (Wildman–Crippen MR) is 112 cm³/mol. The fraction of sp³-hybridized carbons (Fsp3) is 0.667. The minimum Gasteiger partial charge on any atom is -0.383 e. The third-order valence-electron chi connectivity index (χ3n) is 4.26. The van der Waals surface area contributed by atoms with Crippen LogP contribution in [-0.4, -0.2) is 59.7 Å². The molecule has 0 atom stereocenters. The molecule has 0 saturated carbocycles. The number of hydrogen-bond acceptors (Lipinski definition) is 6. The van der Waals surface area contributed by atoms with Crippen LogP contribution in [0.5, 0.6) is 0 Å². The maximum absolute atomic E-state index is 12.9. The Labute approximate surface area is 168 Å². The van der Waals surface area contributed by atoms with E-state index < -0.39 is 20.0 Å². The third kappa shape index (κ3) is 6.33. The second-order valence-corrected chi connectivity index (χ2v) is 11.0. The molecule has 1 fully saturated rings. The zero-order valence-electron chi connectivity index (χ0n) is 16.8. The number of hydrogen-bond donors (Lipinski definition) is 2. The molecule has 10 heteroatoms. The molecule has 0 amide bonds. The zero-order chi connectivity index (χ0) is 20.8. The summed E-state index contributed by atoms with van der Waals surface area (Å²) in [6.45, 7) is 7.64. The van der Waals surface area contributed by atoms with Crippen molar-refractivity contribution in [3.63, 3.8) is 0 Å².